The molecule has 0 spiro atoms. The van der Waals surface area contributed by atoms with E-state index in [1.165, 1.54) is 21.4 Å². The van der Waals surface area contributed by atoms with Gasteiger partial charge in [-0.25, -0.2) is 4.68 Å². The number of para-hydroxylation sites is 1. The number of halogens is 2. The molecule has 0 unspecified atom stereocenters. The van der Waals surface area contributed by atoms with Gasteiger partial charge in [0.05, 0.1) is 16.4 Å². The highest BCUT2D eigenvalue weighted by atomic mass is 35.5. The van der Waals surface area contributed by atoms with Crippen molar-refractivity contribution < 1.29 is 9.59 Å². The van der Waals surface area contributed by atoms with Crippen LogP contribution >= 0.6 is 23.2 Å². The summed E-state index contributed by atoms with van der Waals surface area (Å²) in [5, 5.41) is 5.96. The number of nitrogens with one attached hydrogen (secondary N) is 2. The Bertz CT molecular complexity index is 1470. The van der Waals surface area contributed by atoms with Crippen LogP contribution in [0.3, 0.4) is 0 Å². The third-order valence-corrected chi connectivity index (χ3v) is 6.37. The second-order valence-electron chi connectivity index (χ2n) is 7.65. The van der Waals surface area contributed by atoms with Crippen LogP contribution in [0.5, 0.6) is 0 Å². The standard InChI is InChI=1S/C24H21Cl2N5O3/c1-14-20(24(34)31(30(14)3)17-10-5-4-6-11-17)28-22(32)15-8-7-9-16(12-15)27-23(33)19-13-18(25)21(26)29(19)2/h4-13H,1-3H3,(H,27,33)(H,28,32). The lowest BCUT2D eigenvalue weighted by Gasteiger charge is -2.09. The van der Waals surface area contributed by atoms with Gasteiger partial charge in [0, 0.05) is 25.3 Å². The minimum Gasteiger partial charge on any atom is -0.329 e. The van der Waals surface area contributed by atoms with E-state index in [9.17, 15) is 14.4 Å². The quantitative estimate of drug-likeness (QED) is 0.420. The molecule has 4 aromatic rings. The van der Waals surface area contributed by atoms with E-state index in [0.29, 0.717) is 17.1 Å². The Hall–Kier alpha value is -3.75. The van der Waals surface area contributed by atoms with Crippen molar-refractivity contribution >= 4 is 46.4 Å². The molecule has 2 heterocycles. The number of aromatic nitrogens is 3. The first-order valence-corrected chi connectivity index (χ1v) is 11.0. The Labute approximate surface area is 205 Å². The maximum absolute atomic E-state index is 13.1. The molecule has 4 rings (SSSR count). The highest BCUT2D eigenvalue weighted by molar-refractivity contribution is 6.42. The number of rotatable bonds is 5. The van der Waals surface area contributed by atoms with Crippen LogP contribution in [-0.4, -0.2) is 25.7 Å². The summed E-state index contributed by atoms with van der Waals surface area (Å²) in [6, 6.07) is 17.0. The number of carbonyl (C=O) groups excluding carboxylic acids is 2. The van der Waals surface area contributed by atoms with E-state index >= 15 is 0 Å². The van der Waals surface area contributed by atoms with Crippen LogP contribution in [0.1, 0.15) is 26.5 Å². The van der Waals surface area contributed by atoms with Crippen molar-refractivity contribution in [3.05, 3.63) is 98.1 Å². The molecule has 174 valence electrons. The lowest BCUT2D eigenvalue weighted by molar-refractivity contribution is 0.101. The average Bonchev–Trinajstić information content (AvgIpc) is 3.21. The lowest BCUT2D eigenvalue weighted by atomic mass is 10.1. The van der Waals surface area contributed by atoms with Gasteiger partial charge in [-0.3, -0.25) is 19.1 Å². The van der Waals surface area contributed by atoms with Crippen LogP contribution in [0.4, 0.5) is 11.4 Å². The largest absolute Gasteiger partial charge is 0.329 e. The molecule has 0 radical (unpaired) electrons. The van der Waals surface area contributed by atoms with Crippen molar-refractivity contribution in [3.63, 3.8) is 0 Å². The van der Waals surface area contributed by atoms with Gasteiger partial charge in [0.1, 0.15) is 16.5 Å². The molecule has 0 atom stereocenters. The highest BCUT2D eigenvalue weighted by Crippen LogP contribution is 2.26. The summed E-state index contributed by atoms with van der Waals surface area (Å²) in [5.41, 5.74) is 2.06. The molecule has 0 saturated carbocycles. The van der Waals surface area contributed by atoms with E-state index < -0.39 is 11.8 Å². The lowest BCUT2D eigenvalue weighted by Crippen LogP contribution is -2.23. The molecule has 0 aliphatic rings. The van der Waals surface area contributed by atoms with Crippen molar-refractivity contribution in [2.45, 2.75) is 6.92 Å². The normalized spacial score (nSPS) is 10.9. The van der Waals surface area contributed by atoms with Gasteiger partial charge in [0.25, 0.3) is 17.4 Å². The van der Waals surface area contributed by atoms with Crippen molar-refractivity contribution in [2.75, 3.05) is 10.6 Å². The van der Waals surface area contributed by atoms with Gasteiger partial charge < -0.3 is 15.2 Å². The Kier molecular flexibility index (Phi) is 6.37. The summed E-state index contributed by atoms with van der Waals surface area (Å²) in [5.74, 6) is -0.912. The third kappa shape index (κ3) is 4.25. The van der Waals surface area contributed by atoms with Crippen molar-refractivity contribution in [1.29, 1.82) is 0 Å². The van der Waals surface area contributed by atoms with E-state index in [4.69, 9.17) is 23.2 Å². The predicted octanol–water partition coefficient (Wildman–Crippen LogP) is 4.63. The summed E-state index contributed by atoms with van der Waals surface area (Å²) in [4.78, 5) is 38.7. The van der Waals surface area contributed by atoms with E-state index in [-0.39, 0.29) is 32.7 Å². The summed E-state index contributed by atoms with van der Waals surface area (Å²) in [6.07, 6.45) is 0. The molecular weight excluding hydrogens is 477 g/mol. The maximum Gasteiger partial charge on any atom is 0.295 e. The minimum atomic E-state index is -0.480. The van der Waals surface area contributed by atoms with Crippen LogP contribution < -0.4 is 16.2 Å². The summed E-state index contributed by atoms with van der Waals surface area (Å²) in [7, 11) is 3.37. The fourth-order valence-electron chi connectivity index (χ4n) is 3.59. The van der Waals surface area contributed by atoms with Crippen LogP contribution in [0.15, 0.2) is 65.5 Å². The molecule has 0 saturated heterocycles. The maximum atomic E-state index is 13.1. The molecule has 34 heavy (non-hydrogen) atoms. The van der Waals surface area contributed by atoms with Crippen LogP contribution in [0.2, 0.25) is 10.2 Å². The van der Waals surface area contributed by atoms with Crippen LogP contribution in [-0.2, 0) is 14.1 Å². The predicted molar refractivity (Wildman–Crippen MR) is 134 cm³/mol. The average molecular weight is 498 g/mol. The Morgan fingerprint density at radius 1 is 0.882 bits per heavy atom. The van der Waals surface area contributed by atoms with Gasteiger partial charge in [-0.05, 0) is 43.3 Å². The van der Waals surface area contributed by atoms with Crippen LogP contribution in [0, 0.1) is 6.92 Å². The zero-order valence-corrected chi connectivity index (χ0v) is 20.1. The number of nitrogens with zero attached hydrogens (tertiary/aromatic N) is 3. The number of anilines is 2. The van der Waals surface area contributed by atoms with Crippen molar-refractivity contribution in [3.8, 4) is 5.69 Å². The summed E-state index contributed by atoms with van der Waals surface area (Å²) >= 11 is 12.0. The van der Waals surface area contributed by atoms with E-state index in [1.807, 2.05) is 30.3 Å². The topological polar surface area (TPSA) is 90.1 Å². The zero-order chi connectivity index (χ0) is 24.6. The Morgan fingerprint density at radius 3 is 2.24 bits per heavy atom. The number of benzene rings is 2. The molecule has 0 bridgehead atoms. The Balaban J connectivity index is 1.57. The van der Waals surface area contributed by atoms with Crippen molar-refractivity contribution in [1.82, 2.24) is 13.9 Å². The number of carbonyl (C=O) groups is 2. The molecule has 2 aromatic heterocycles. The van der Waals surface area contributed by atoms with Gasteiger partial charge in [-0.1, -0.05) is 47.5 Å². The smallest absolute Gasteiger partial charge is 0.295 e. The molecule has 8 nitrogen and oxygen atoms in total. The minimum absolute atomic E-state index is 0.180. The number of hydrogen-bond acceptors (Lipinski definition) is 3. The van der Waals surface area contributed by atoms with Gasteiger partial charge in [-0.15, -0.1) is 0 Å². The molecular formula is C24H21Cl2N5O3. The van der Waals surface area contributed by atoms with Crippen LogP contribution in [0.25, 0.3) is 5.69 Å². The fourth-order valence-corrected chi connectivity index (χ4v) is 3.97. The molecule has 0 fully saturated rings. The van der Waals surface area contributed by atoms with Gasteiger partial charge in [-0.2, -0.15) is 0 Å². The SMILES string of the molecule is Cc1c(NC(=O)c2cccc(NC(=O)c3cc(Cl)c(Cl)n3C)c2)c(=O)n(-c2ccccc2)n1C. The highest BCUT2D eigenvalue weighted by Gasteiger charge is 2.20. The monoisotopic (exact) mass is 497 g/mol. The first kappa shape index (κ1) is 23.4. The first-order valence-electron chi connectivity index (χ1n) is 10.3. The third-order valence-electron chi connectivity index (χ3n) is 5.52. The van der Waals surface area contributed by atoms with E-state index in [2.05, 4.69) is 10.6 Å². The zero-order valence-electron chi connectivity index (χ0n) is 18.6. The fraction of sp³-hybridized carbons (Fsp3) is 0.125. The van der Waals surface area contributed by atoms with Gasteiger partial charge in [0.2, 0.25) is 0 Å². The second kappa shape index (κ2) is 9.24. The molecule has 2 N–H and O–H groups in total. The van der Waals surface area contributed by atoms with E-state index in [1.54, 1.807) is 43.9 Å². The number of amides is 2. The number of hydrogen-bond donors (Lipinski definition) is 2. The first-order chi connectivity index (χ1) is 16.2. The summed E-state index contributed by atoms with van der Waals surface area (Å²) in [6.45, 7) is 1.75. The van der Waals surface area contributed by atoms with E-state index in [0.717, 1.165) is 0 Å². The molecule has 0 aliphatic heterocycles. The molecule has 2 amide bonds. The molecule has 0 aliphatic carbocycles. The van der Waals surface area contributed by atoms with Gasteiger partial charge >= 0.3 is 0 Å². The van der Waals surface area contributed by atoms with Crippen molar-refractivity contribution in [2.24, 2.45) is 14.1 Å². The molecule has 10 heteroatoms. The van der Waals surface area contributed by atoms with Gasteiger partial charge in [0.15, 0.2) is 0 Å². The Morgan fingerprint density at radius 2 is 1.59 bits per heavy atom. The molecule has 2 aromatic carbocycles. The summed E-state index contributed by atoms with van der Waals surface area (Å²) < 4.78 is 4.63. The second-order valence-corrected chi connectivity index (χ2v) is 8.42.